The first-order chi connectivity index (χ1) is 14.6. The van der Waals surface area contributed by atoms with Crippen LogP contribution < -0.4 is 10.4 Å². The minimum Gasteiger partial charge on any atom is -0.407 e. The summed E-state index contributed by atoms with van der Waals surface area (Å²) in [5.41, 5.74) is 2.90. The highest BCUT2D eigenvalue weighted by Gasteiger charge is 2.55. The van der Waals surface area contributed by atoms with Gasteiger partial charge in [0.25, 0.3) is 8.32 Å². The Morgan fingerprint density at radius 1 is 1.03 bits per heavy atom. The molecule has 0 heterocycles. The van der Waals surface area contributed by atoms with Gasteiger partial charge < -0.3 is 9.53 Å². The monoisotopic (exact) mass is 434 g/mol. The van der Waals surface area contributed by atoms with Crippen LogP contribution in [0.4, 0.5) is 0 Å². The molecule has 0 aliphatic heterocycles. The van der Waals surface area contributed by atoms with E-state index in [1.165, 1.54) is 10.4 Å². The third kappa shape index (κ3) is 4.13. The smallest absolute Gasteiger partial charge is 0.261 e. The molecule has 0 radical (unpaired) electrons. The molecule has 2 aromatic rings. The van der Waals surface area contributed by atoms with Gasteiger partial charge >= 0.3 is 0 Å². The SMILES string of the molecule is C=C=C(C)[C@@]1(O)CC[C@@]1(C)CCCO[Si](c1ccccc1)(c1ccccc1)C(C)(C)C. The van der Waals surface area contributed by atoms with Crippen LogP contribution in [0.3, 0.4) is 0 Å². The van der Waals surface area contributed by atoms with Crippen LogP contribution in [-0.2, 0) is 4.43 Å². The molecule has 1 fully saturated rings. The number of benzene rings is 2. The Labute approximate surface area is 189 Å². The maximum absolute atomic E-state index is 11.2. The summed E-state index contributed by atoms with van der Waals surface area (Å²) >= 11 is 0. The van der Waals surface area contributed by atoms with Crippen LogP contribution in [0.15, 0.2) is 78.5 Å². The van der Waals surface area contributed by atoms with Crippen molar-refractivity contribution in [2.45, 2.75) is 70.9 Å². The second-order valence-electron chi connectivity index (χ2n) is 10.3. The Kier molecular flexibility index (Phi) is 6.83. The Morgan fingerprint density at radius 3 is 1.94 bits per heavy atom. The summed E-state index contributed by atoms with van der Waals surface area (Å²) in [6.45, 7) is 15.5. The molecule has 0 spiro atoms. The fraction of sp³-hybridized carbons (Fsp3) is 0.464. The van der Waals surface area contributed by atoms with Gasteiger partial charge in [-0.05, 0) is 53.6 Å². The van der Waals surface area contributed by atoms with E-state index in [-0.39, 0.29) is 10.5 Å². The van der Waals surface area contributed by atoms with Crippen LogP contribution in [0, 0.1) is 5.41 Å². The van der Waals surface area contributed by atoms with E-state index in [1.54, 1.807) is 0 Å². The van der Waals surface area contributed by atoms with Crippen molar-refractivity contribution >= 4 is 18.7 Å². The molecule has 2 nitrogen and oxygen atoms in total. The van der Waals surface area contributed by atoms with Gasteiger partial charge in [-0.25, -0.2) is 0 Å². The third-order valence-corrected chi connectivity index (χ3v) is 12.6. The lowest BCUT2D eigenvalue weighted by Crippen LogP contribution is -2.66. The van der Waals surface area contributed by atoms with Crippen molar-refractivity contribution in [3.05, 3.63) is 78.5 Å². The van der Waals surface area contributed by atoms with Crippen molar-refractivity contribution in [3.63, 3.8) is 0 Å². The van der Waals surface area contributed by atoms with Crippen LogP contribution in [-0.4, -0.2) is 25.6 Å². The normalized spacial score (nSPS) is 23.7. The van der Waals surface area contributed by atoms with E-state index in [0.717, 1.165) is 31.3 Å². The van der Waals surface area contributed by atoms with Crippen LogP contribution in [0.5, 0.6) is 0 Å². The quantitative estimate of drug-likeness (QED) is 0.333. The summed E-state index contributed by atoms with van der Waals surface area (Å²) in [5.74, 6) is 0. The molecule has 2 aromatic carbocycles. The lowest BCUT2D eigenvalue weighted by molar-refractivity contribution is -0.134. The van der Waals surface area contributed by atoms with E-state index in [2.05, 4.69) is 101 Å². The second kappa shape index (κ2) is 8.92. The Morgan fingerprint density at radius 2 is 1.55 bits per heavy atom. The molecule has 1 aliphatic carbocycles. The van der Waals surface area contributed by atoms with E-state index >= 15 is 0 Å². The van der Waals surface area contributed by atoms with Gasteiger partial charge in [-0.1, -0.05) is 94.9 Å². The Balaban J connectivity index is 1.85. The summed E-state index contributed by atoms with van der Waals surface area (Å²) < 4.78 is 7.01. The van der Waals surface area contributed by atoms with Gasteiger partial charge in [-0.15, -0.1) is 5.73 Å². The van der Waals surface area contributed by atoms with Gasteiger partial charge in [0.15, 0.2) is 0 Å². The first kappa shape index (κ1) is 23.8. The molecular weight excluding hydrogens is 396 g/mol. The van der Waals surface area contributed by atoms with Gasteiger partial charge in [0.05, 0.1) is 5.60 Å². The summed E-state index contributed by atoms with van der Waals surface area (Å²) in [5, 5.41) is 13.8. The molecule has 1 saturated carbocycles. The molecule has 2 atom stereocenters. The van der Waals surface area contributed by atoms with Crippen molar-refractivity contribution in [1.82, 2.24) is 0 Å². The molecular formula is C28H38O2Si. The topological polar surface area (TPSA) is 29.5 Å². The minimum absolute atomic E-state index is 0.0149. The fourth-order valence-corrected chi connectivity index (χ4v) is 9.96. The van der Waals surface area contributed by atoms with E-state index < -0.39 is 13.9 Å². The standard InChI is InChI=1S/C28H38O2Si/c1-7-23(2)28(29)21-20-27(28,6)19-14-22-30-31(26(3,4)5,24-15-10-8-11-16-24)25-17-12-9-13-18-25/h8-13,15-18,29H,1,14,19-22H2,2-6H3/t27-,28+/m1/s1. The fourth-order valence-electron chi connectivity index (χ4n) is 5.36. The van der Waals surface area contributed by atoms with E-state index in [0.29, 0.717) is 6.61 Å². The zero-order chi connectivity index (χ0) is 22.8. The van der Waals surface area contributed by atoms with E-state index in [9.17, 15) is 5.11 Å². The zero-order valence-corrected chi connectivity index (χ0v) is 20.9. The molecule has 166 valence electrons. The summed E-state index contributed by atoms with van der Waals surface area (Å²) in [4.78, 5) is 0. The molecule has 1 aliphatic rings. The lowest BCUT2D eigenvalue weighted by atomic mass is 9.53. The highest BCUT2D eigenvalue weighted by atomic mass is 28.4. The molecule has 3 heteroatoms. The maximum Gasteiger partial charge on any atom is 0.261 e. The average molecular weight is 435 g/mol. The van der Waals surface area contributed by atoms with Crippen molar-refractivity contribution in [1.29, 1.82) is 0 Å². The predicted molar refractivity (Wildman–Crippen MR) is 133 cm³/mol. The first-order valence-corrected chi connectivity index (χ1v) is 13.4. The maximum atomic E-state index is 11.2. The van der Waals surface area contributed by atoms with E-state index in [4.69, 9.17) is 4.43 Å². The minimum atomic E-state index is -2.49. The van der Waals surface area contributed by atoms with Crippen molar-refractivity contribution in [2.24, 2.45) is 5.41 Å². The highest BCUT2D eigenvalue weighted by Crippen LogP contribution is 2.56. The molecule has 3 rings (SSSR count). The van der Waals surface area contributed by atoms with Crippen molar-refractivity contribution < 1.29 is 9.53 Å². The Bertz CT molecular complexity index is 885. The zero-order valence-electron chi connectivity index (χ0n) is 19.9. The largest absolute Gasteiger partial charge is 0.407 e. The van der Waals surface area contributed by atoms with Gasteiger partial charge in [0.1, 0.15) is 0 Å². The highest BCUT2D eigenvalue weighted by molar-refractivity contribution is 6.99. The number of rotatable bonds is 8. The van der Waals surface area contributed by atoms with Crippen LogP contribution in [0.1, 0.15) is 60.3 Å². The second-order valence-corrected chi connectivity index (χ2v) is 14.6. The van der Waals surface area contributed by atoms with Gasteiger partial charge in [-0.3, -0.25) is 0 Å². The summed E-state index contributed by atoms with van der Waals surface area (Å²) in [6.07, 6.45) is 3.68. The number of hydrogen-bond donors (Lipinski definition) is 1. The third-order valence-electron chi connectivity index (χ3n) is 7.53. The number of hydrogen-bond acceptors (Lipinski definition) is 2. The van der Waals surface area contributed by atoms with Crippen molar-refractivity contribution in [2.75, 3.05) is 6.61 Å². The Hall–Kier alpha value is -1.90. The molecule has 0 saturated heterocycles. The van der Waals surface area contributed by atoms with Crippen LogP contribution in [0.25, 0.3) is 0 Å². The first-order valence-electron chi connectivity index (χ1n) is 11.5. The predicted octanol–water partition coefficient (Wildman–Crippen LogP) is 5.61. The molecule has 0 unspecified atom stereocenters. The van der Waals surface area contributed by atoms with Crippen LogP contribution in [0.2, 0.25) is 5.04 Å². The average Bonchev–Trinajstić information content (AvgIpc) is 2.77. The summed E-state index contributed by atoms with van der Waals surface area (Å²) in [7, 11) is -2.49. The van der Waals surface area contributed by atoms with Crippen molar-refractivity contribution in [3.8, 4) is 0 Å². The van der Waals surface area contributed by atoms with Gasteiger partial charge in [0.2, 0.25) is 0 Å². The molecule has 1 N–H and O–H groups in total. The van der Waals surface area contributed by atoms with Gasteiger partial charge in [-0.2, -0.15) is 0 Å². The van der Waals surface area contributed by atoms with Gasteiger partial charge in [0, 0.05) is 12.0 Å². The molecule has 0 aromatic heterocycles. The summed E-state index contributed by atoms with van der Waals surface area (Å²) in [6, 6.07) is 21.6. The lowest BCUT2D eigenvalue weighted by Gasteiger charge is -2.55. The van der Waals surface area contributed by atoms with Crippen LogP contribution >= 0.6 is 0 Å². The molecule has 31 heavy (non-hydrogen) atoms. The molecule has 0 amide bonds. The molecule has 0 bridgehead atoms. The van der Waals surface area contributed by atoms with E-state index in [1.807, 2.05) is 6.92 Å². The number of aliphatic hydroxyl groups is 1.